The molecule has 0 radical (unpaired) electrons. The van der Waals surface area contributed by atoms with E-state index in [1.165, 1.54) is 17.0 Å². The summed E-state index contributed by atoms with van der Waals surface area (Å²) in [5, 5.41) is 0. The lowest BCUT2D eigenvalue weighted by Gasteiger charge is -2.25. The summed E-state index contributed by atoms with van der Waals surface area (Å²) in [5.74, 6) is 1.17. The second kappa shape index (κ2) is 7.38. The number of rotatable bonds is 6. The molecule has 4 heteroatoms. The Kier molecular flexibility index (Phi) is 5.03. The molecule has 120 valence electrons. The molecule has 0 amide bonds. The molecule has 0 saturated carbocycles. The van der Waals surface area contributed by atoms with Crippen molar-refractivity contribution in [2.24, 2.45) is 4.99 Å². The number of aryl methyl sites for hydroxylation is 1. The molecular formula is C19H24N4. The van der Waals surface area contributed by atoms with Gasteiger partial charge in [0.2, 0.25) is 0 Å². The van der Waals surface area contributed by atoms with Gasteiger partial charge in [-0.05, 0) is 24.6 Å². The predicted molar refractivity (Wildman–Crippen MR) is 94.5 cm³/mol. The van der Waals surface area contributed by atoms with E-state index in [-0.39, 0.29) is 0 Å². The van der Waals surface area contributed by atoms with Crippen LogP contribution in [0.2, 0.25) is 0 Å². The third-order valence-electron chi connectivity index (χ3n) is 4.14. The maximum Gasteiger partial charge on any atom is 0.113 e. The van der Waals surface area contributed by atoms with Gasteiger partial charge in [0.1, 0.15) is 5.84 Å². The molecule has 3 rings (SSSR count). The Morgan fingerprint density at radius 1 is 1.09 bits per heavy atom. The van der Waals surface area contributed by atoms with Gasteiger partial charge in [0, 0.05) is 32.9 Å². The first kappa shape index (κ1) is 15.7. The molecule has 0 atom stereocenters. The molecule has 0 spiro atoms. The molecule has 0 aliphatic carbocycles. The van der Waals surface area contributed by atoms with Gasteiger partial charge in [0.25, 0.3) is 0 Å². The lowest BCUT2D eigenvalue weighted by molar-refractivity contribution is 0.283. The lowest BCUT2D eigenvalue weighted by atomic mass is 10.1. The molecule has 2 aromatic rings. The van der Waals surface area contributed by atoms with Crippen molar-refractivity contribution < 1.29 is 0 Å². The van der Waals surface area contributed by atoms with E-state index in [0.717, 1.165) is 38.4 Å². The Labute approximate surface area is 138 Å². The highest BCUT2D eigenvalue weighted by molar-refractivity contribution is 5.85. The molecule has 0 saturated heterocycles. The highest BCUT2D eigenvalue weighted by atomic mass is 15.3. The number of nitrogens with zero attached hydrogens (tertiary/aromatic N) is 4. The van der Waals surface area contributed by atoms with Gasteiger partial charge in [0.05, 0.1) is 18.8 Å². The van der Waals surface area contributed by atoms with Crippen molar-refractivity contribution in [3.63, 3.8) is 0 Å². The van der Waals surface area contributed by atoms with Gasteiger partial charge in [-0.1, -0.05) is 35.9 Å². The molecule has 0 bridgehead atoms. The zero-order valence-corrected chi connectivity index (χ0v) is 13.9. The summed E-state index contributed by atoms with van der Waals surface area (Å²) in [7, 11) is 2.12. The van der Waals surface area contributed by atoms with Crippen molar-refractivity contribution >= 4 is 5.84 Å². The lowest BCUT2D eigenvalue weighted by Crippen LogP contribution is -2.35. The molecule has 23 heavy (non-hydrogen) atoms. The summed E-state index contributed by atoms with van der Waals surface area (Å²) in [4.78, 5) is 13.8. The van der Waals surface area contributed by atoms with Crippen molar-refractivity contribution in [3.05, 3.63) is 65.5 Å². The molecule has 0 fully saturated rings. The first-order valence-electron chi connectivity index (χ1n) is 8.13. The van der Waals surface area contributed by atoms with Crippen LogP contribution < -0.4 is 0 Å². The Morgan fingerprint density at radius 2 is 2.00 bits per heavy atom. The molecule has 1 aromatic carbocycles. The first-order valence-corrected chi connectivity index (χ1v) is 8.13. The zero-order valence-electron chi connectivity index (χ0n) is 13.9. The number of pyridine rings is 1. The smallest absolute Gasteiger partial charge is 0.113 e. The van der Waals surface area contributed by atoms with Gasteiger partial charge in [-0.25, -0.2) is 0 Å². The zero-order chi connectivity index (χ0) is 16.1. The first-order chi connectivity index (χ1) is 11.2. The van der Waals surface area contributed by atoms with Crippen molar-refractivity contribution in [3.8, 4) is 0 Å². The number of hydrogen-bond acceptors (Lipinski definition) is 4. The number of aromatic nitrogens is 1. The standard InChI is InChI=1S/C19H24N4/c1-16-6-5-7-17(12-16)13-23(14-18-8-3-4-9-20-18)15-19-21-10-11-22(19)2/h3-9,12H,10-11,13-15H2,1-2H3. The van der Waals surface area contributed by atoms with Crippen molar-refractivity contribution in [1.29, 1.82) is 0 Å². The highest BCUT2D eigenvalue weighted by Crippen LogP contribution is 2.12. The average molecular weight is 308 g/mol. The number of hydrogen-bond donors (Lipinski definition) is 0. The topological polar surface area (TPSA) is 31.7 Å². The van der Waals surface area contributed by atoms with Gasteiger partial charge < -0.3 is 4.90 Å². The van der Waals surface area contributed by atoms with Crippen molar-refractivity contribution in [1.82, 2.24) is 14.8 Å². The third-order valence-corrected chi connectivity index (χ3v) is 4.14. The van der Waals surface area contributed by atoms with Crippen molar-refractivity contribution in [2.75, 3.05) is 26.7 Å². The summed E-state index contributed by atoms with van der Waals surface area (Å²) in [6.07, 6.45) is 1.86. The summed E-state index contributed by atoms with van der Waals surface area (Å²) in [6, 6.07) is 14.8. The number of aliphatic imine (C=N–C) groups is 1. The fourth-order valence-corrected chi connectivity index (χ4v) is 2.91. The summed E-state index contributed by atoms with van der Waals surface area (Å²) >= 11 is 0. The SMILES string of the molecule is Cc1cccc(CN(CC2=NCCN2C)Cc2ccccn2)c1. The van der Waals surface area contributed by atoms with E-state index in [1.54, 1.807) is 0 Å². The Hall–Kier alpha value is -2.20. The van der Waals surface area contributed by atoms with Crippen LogP contribution in [-0.4, -0.2) is 47.3 Å². The van der Waals surface area contributed by atoms with Crippen LogP contribution in [0.4, 0.5) is 0 Å². The van der Waals surface area contributed by atoms with Crippen LogP contribution in [0.3, 0.4) is 0 Å². The highest BCUT2D eigenvalue weighted by Gasteiger charge is 2.17. The molecule has 2 heterocycles. The molecule has 0 unspecified atom stereocenters. The third kappa shape index (κ3) is 4.39. The minimum atomic E-state index is 0.835. The Bertz CT molecular complexity index is 666. The monoisotopic (exact) mass is 308 g/mol. The van der Waals surface area contributed by atoms with Gasteiger partial charge >= 0.3 is 0 Å². The second-order valence-corrected chi connectivity index (χ2v) is 6.17. The molecule has 1 aromatic heterocycles. The fraction of sp³-hybridized carbons (Fsp3) is 0.368. The van der Waals surface area contributed by atoms with Crippen LogP contribution in [0.1, 0.15) is 16.8 Å². The summed E-state index contributed by atoms with van der Waals surface area (Å²) in [6.45, 7) is 6.68. The molecular weight excluding hydrogens is 284 g/mol. The van der Waals surface area contributed by atoms with E-state index in [2.05, 4.69) is 64.1 Å². The Morgan fingerprint density at radius 3 is 2.70 bits per heavy atom. The van der Waals surface area contributed by atoms with E-state index in [0.29, 0.717) is 0 Å². The van der Waals surface area contributed by atoms with Gasteiger partial charge in [-0.2, -0.15) is 0 Å². The molecule has 1 aliphatic rings. The normalized spacial score (nSPS) is 14.4. The van der Waals surface area contributed by atoms with E-state index >= 15 is 0 Å². The van der Waals surface area contributed by atoms with Gasteiger partial charge in [-0.15, -0.1) is 0 Å². The van der Waals surface area contributed by atoms with Crippen LogP contribution in [-0.2, 0) is 13.1 Å². The minimum Gasteiger partial charge on any atom is -0.360 e. The van der Waals surface area contributed by atoms with E-state index < -0.39 is 0 Å². The summed E-state index contributed by atoms with van der Waals surface area (Å²) in [5.41, 5.74) is 3.74. The van der Waals surface area contributed by atoms with E-state index in [1.807, 2.05) is 18.3 Å². The van der Waals surface area contributed by atoms with E-state index in [9.17, 15) is 0 Å². The quantitative estimate of drug-likeness (QED) is 0.822. The van der Waals surface area contributed by atoms with E-state index in [4.69, 9.17) is 0 Å². The largest absolute Gasteiger partial charge is 0.360 e. The average Bonchev–Trinajstić information content (AvgIpc) is 2.93. The van der Waals surface area contributed by atoms with Crippen LogP contribution in [0.5, 0.6) is 0 Å². The summed E-state index contributed by atoms with van der Waals surface area (Å²) < 4.78 is 0. The minimum absolute atomic E-state index is 0.835. The molecule has 0 N–H and O–H groups in total. The maximum absolute atomic E-state index is 4.64. The number of likely N-dealkylation sites (N-methyl/N-ethyl adjacent to an activating group) is 1. The predicted octanol–water partition coefficient (Wildman–Crippen LogP) is 2.74. The Balaban J connectivity index is 1.75. The van der Waals surface area contributed by atoms with Crippen LogP contribution >= 0.6 is 0 Å². The fourth-order valence-electron chi connectivity index (χ4n) is 2.91. The molecule has 1 aliphatic heterocycles. The molecule has 4 nitrogen and oxygen atoms in total. The van der Waals surface area contributed by atoms with Crippen LogP contribution in [0.25, 0.3) is 0 Å². The van der Waals surface area contributed by atoms with Crippen molar-refractivity contribution in [2.45, 2.75) is 20.0 Å². The van der Waals surface area contributed by atoms with Crippen LogP contribution in [0, 0.1) is 6.92 Å². The second-order valence-electron chi connectivity index (χ2n) is 6.17. The number of benzene rings is 1. The maximum atomic E-state index is 4.64. The van der Waals surface area contributed by atoms with Gasteiger partial charge in [-0.3, -0.25) is 14.9 Å². The number of amidine groups is 1. The van der Waals surface area contributed by atoms with Crippen LogP contribution in [0.15, 0.2) is 53.7 Å². The van der Waals surface area contributed by atoms with Gasteiger partial charge in [0.15, 0.2) is 0 Å².